The van der Waals surface area contributed by atoms with E-state index < -0.39 is 0 Å². The number of nitrogens with zero attached hydrogens (tertiary/aromatic N) is 2. The number of rotatable bonds is 2. The van der Waals surface area contributed by atoms with Gasteiger partial charge in [0.05, 0.1) is 11.4 Å². The molecule has 0 unspecified atom stereocenters. The second-order valence-corrected chi connectivity index (χ2v) is 7.70. The van der Waals surface area contributed by atoms with Crippen molar-refractivity contribution >= 4 is 56.2 Å². The Bertz CT molecular complexity index is 932. The van der Waals surface area contributed by atoms with E-state index in [2.05, 4.69) is 81.6 Å². The minimum absolute atomic E-state index is 0.925. The highest BCUT2D eigenvalue weighted by Gasteiger charge is 2.15. The fraction of sp³-hybridized carbons (Fsp3) is 0. The summed E-state index contributed by atoms with van der Waals surface area (Å²) in [4.78, 5) is 10.0. The molecule has 2 nitrogen and oxygen atoms in total. The van der Waals surface area contributed by atoms with Gasteiger partial charge >= 0.3 is 0 Å². The summed E-state index contributed by atoms with van der Waals surface area (Å²) < 4.78 is 2.24. The predicted octanol–water partition coefficient (Wildman–Crippen LogP) is 6.17. The van der Waals surface area contributed by atoms with Crippen LogP contribution in [0.3, 0.4) is 0 Å². The molecule has 0 fully saturated rings. The molecule has 4 aromatic rings. The van der Waals surface area contributed by atoms with E-state index in [1.165, 1.54) is 0 Å². The molecule has 0 N–H and O–H groups in total. The van der Waals surface area contributed by atoms with Crippen LogP contribution >= 0.6 is 45.2 Å². The van der Waals surface area contributed by atoms with Crippen molar-refractivity contribution in [1.29, 1.82) is 0 Å². The summed E-state index contributed by atoms with van der Waals surface area (Å²) in [7, 11) is 0. The van der Waals surface area contributed by atoms with Crippen LogP contribution in [0.15, 0.2) is 72.8 Å². The number of benzene rings is 3. The zero-order valence-electron chi connectivity index (χ0n) is 12.6. The maximum absolute atomic E-state index is 5.01. The topological polar surface area (TPSA) is 25.8 Å². The first kappa shape index (κ1) is 16.0. The van der Waals surface area contributed by atoms with Crippen LogP contribution in [-0.4, -0.2) is 9.97 Å². The first-order valence-electron chi connectivity index (χ1n) is 7.50. The van der Waals surface area contributed by atoms with Crippen LogP contribution in [0, 0.1) is 7.14 Å². The molecule has 0 radical (unpaired) electrons. The Morgan fingerprint density at radius 1 is 0.500 bits per heavy atom. The summed E-state index contributed by atoms with van der Waals surface area (Å²) in [6, 6.07) is 24.7. The van der Waals surface area contributed by atoms with Gasteiger partial charge in [-0.25, -0.2) is 9.97 Å². The van der Waals surface area contributed by atoms with Gasteiger partial charge < -0.3 is 0 Å². The van der Waals surface area contributed by atoms with Gasteiger partial charge in [0.2, 0.25) is 0 Å². The monoisotopic (exact) mass is 534 g/mol. The third-order valence-electron chi connectivity index (χ3n) is 3.82. The molecule has 0 amide bonds. The molecule has 1 aromatic heterocycles. The fourth-order valence-electron chi connectivity index (χ4n) is 2.67. The molecule has 0 spiro atoms. The fourth-order valence-corrected chi connectivity index (χ4v) is 3.78. The molecule has 0 aliphatic rings. The average molecular weight is 534 g/mol. The number of aromatic nitrogens is 2. The molecular formula is C20H12I2N2. The van der Waals surface area contributed by atoms with Gasteiger partial charge in [-0.15, -0.1) is 0 Å². The van der Waals surface area contributed by atoms with Gasteiger partial charge in [-0.05, 0) is 57.3 Å². The smallest absolute Gasteiger partial charge is 0.104 e. The molecule has 0 aliphatic heterocycles. The maximum atomic E-state index is 5.01. The van der Waals surface area contributed by atoms with E-state index in [-0.39, 0.29) is 0 Å². The van der Waals surface area contributed by atoms with Crippen molar-refractivity contribution in [2.24, 2.45) is 0 Å². The normalized spacial score (nSPS) is 10.9. The molecule has 0 bridgehead atoms. The van der Waals surface area contributed by atoms with Crippen LogP contribution in [0.25, 0.3) is 33.5 Å². The number of halogens is 2. The van der Waals surface area contributed by atoms with Crippen LogP contribution < -0.4 is 0 Å². The zero-order valence-corrected chi connectivity index (χ0v) is 16.9. The van der Waals surface area contributed by atoms with Crippen LogP contribution in [0.4, 0.5) is 0 Å². The van der Waals surface area contributed by atoms with Gasteiger partial charge in [0, 0.05) is 18.3 Å². The third-order valence-corrected chi connectivity index (χ3v) is 5.56. The summed E-state index contributed by atoms with van der Waals surface area (Å²) in [6.07, 6.45) is 0. The predicted molar refractivity (Wildman–Crippen MR) is 116 cm³/mol. The van der Waals surface area contributed by atoms with Gasteiger partial charge in [-0.2, -0.15) is 0 Å². The summed E-state index contributed by atoms with van der Waals surface area (Å²) in [5.74, 6) is 0. The van der Waals surface area contributed by atoms with Crippen molar-refractivity contribution in [3.05, 3.63) is 79.9 Å². The molecule has 0 aliphatic carbocycles. The first-order valence-corrected chi connectivity index (χ1v) is 9.66. The second-order valence-electron chi connectivity index (χ2n) is 5.38. The van der Waals surface area contributed by atoms with Crippen LogP contribution in [0.2, 0.25) is 0 Å². The lowest BCUT2D eigenvalue weighted by atomic mass is 10.0. The van der Waals surface area contributed by atoms with Gasteiger partial charge in [-0.1, -0.05) is 60.7 Å². The lowest BCUT2D eigenvalue weighted by Crippen LogP contribution is -1.98. The van der Waals surface area contributed by atoms with Gasteiger partial charge in [0.25, 0.3) is 0 Å². The van der Waals surface area contributed by atoms with Crippen molar-refractivity contribution in [1.82, 2.24) is 9.97 Å². The number of hydrogen-bond donors (Lipinski definition) is 0. The van der Waals surface area contributed by atoms with E-state index in [1.807, 2.05) is 36.4 Å². The third kappa shape index (κ3) is 2.93. The van der Waals surface area contributed by atoms with Gasteiger partial charge in [0.1, 0.15) is 11.0 Å². The quantitative estimate of drug-likeness (QED) is 0.288. The molecule has 1 heterocycles. The lowest BCUT2D eigenvalue weighted by molar-refractivity contribution is 1.28. The Kier molecular flexibility index (Phi) is 4.49. The highest BCUT2D eigenvalue weighted by Crippen LogP contribution is 2.33. The second kappa shape index (κ2) is 6.76. The van der Waals surface area contributed by atoms with E-state index in [0.717, 1.165) is 40.7 Å². The summed E-state index contributed by atoms with van der Waals surface area (Å²) in [6.45, 7) is 0. The molecule has 116 valence electrons. The SMILES string of the molecule is Ic1ccc(I)c2nc(-c3ccccc3)c(-c3ccccc3)nc12. The molecule has 0 saturated heterocycles. The summed E-state index contributed by atoms with van der Waals surface area (Å²) in [5.41, 5.74) is 5.94. The molecule has 0 saturated carbocycles. The van der Waals surface area contributed by atoms with Crippen LogP contribution in [0.5, 0.6) is 0 Å². The number of fused-ring (bicyclic) bond motifs is 1. The number of hydrogen-bond acceptors (Lipinski definition) is 2. The van der Waals surface area contributed by atoms with Crippen molar-refractivity contribution in [2.45, 2.75) is 0 Å². The average Bonchev–Trinajstić information content (AvgIpc) is 2.65. The van der Waals surface area contributed by atoms with Crippen molar-refractivity contribution in [3.63, 3.8) is 0 Å². The zero-order chi connectivity index (χ0) is 16.5. The largest absolute Gasteiger partial charge is 0.243 e. The van der Waals surface area contributed by atoms with Crippen molar-refractivity contribution < 1.29 is 0 Å². The molecule has 24 heavy (non-hydrogen) atoms. The summed E-state index contributed by atoms with van der Waals surface area (Å²) in [5, 5.41) is 0. The lowest BCUT2D eigenvalue weighted by Gasteiger charge is -2.12. The Labute approximate surface area is 167 Å². The van der Waals surface area contributed by atoms with Crippen LogP contribution in [-0.2, 0) is 0 Å². The standard InChI is InChI=1S/C20H12I2N2/c21-15-11-12-16(22)20-19(15)23-17(13-7-3-1-4-8-13)18(24-20)14-9-5-2-6-10-14/h1-12H. The highest BCUT2D eigenvalue weighted by atomic mass is 127. The minimum atomic E-state index is 0.925. The van der Waals surface area contributed by atoms with E-state index in [4.69, 9.17) is 9.97 Å². The molecule has 4 heteroatoms. The van der Waals surface area contributed by atoms with Gasteiger partial charge in [0.15, 0.2) is 0 Å². The van der Waals surface area contributed by atoms with Crippen LogP contribution in [0.1, 0.15) is 0 Å². The Morgan fingerprint density at radius 3 is 1.25 bits per heavy atom. The Morgan fingerprint density at radius 2 is 0.875 bits per heavy atom. The highest BCUT2D eigenvalue weighted by molar-refractivity contribution is 14.1. The van der Waals surface area contributed by atoms with Gasteiger partial charge in [-0.3, -0.25) is 0 Å². The molecule has 3 aromatic carbocycles. The summed E-state index contributed by atoms with van der Waals surface area (Å²) >= 11 is 4.66. The van der Waals surface area contributed by atoms with Crippen molar-refractivity contribution in [3.8, 4) is 22.5 Å². The molecule has 4 rings (SSSR count). The van der Waals surface area contributed by atoms with E-state index in [9.17, 15) is 0 Å². The van der Waals surface area contributed by atoms with E-state index >= 15 is 0 Å². The first-order chi connectivity index (χ1) is 11.7. The van der Waals surface area contributed by atoms with Crippen molar-refractivity contribution in [2.75, 3.05) is 0 Å². The minimum Gasteiger partial charge on any atom is -0.243 e. The molecular weight excluding hydrogens is 522 g/mol. The molecule has 0 atom stereocenters. The van der Waals surface area contributed by atoms with E-state index in [1.54, 1.807) is 0 Å². The Hall–Kier alpha value is -1.54. The Balaban J connectivity index is 2.10. The maximum Gasteiger partial charge on any atom is 0.104 e. The van der Waals surface area contributed by atoms with E-state index in [0.29, 0.717) is 0 Å².